The van der Waals surface area contributed by atoms with Crippen molar-refractivity contribution in [3.05, 3.63) is 24.3 Å². The van der Waals surface area contributed by atoms with Crippen molar-refractivity contribution >= 4 is 11.6 Å². The Bertz CT molecular complexity index is 447. The average Bonchev–Trinajstić information content (AvgIpc) is 3.30. The largest absolute Gasteiger partial charge is 0.497 e. The van der Waals surface area contributed by atoms with E-state index >= 15 is 0 Å². The highest BCUT2D eigenvalue weighted by atomic mass is 16.5. The Kier molecular flexibility index (Phi) is 6.50. The molecule has 1 aromatic carbocycles. The van der Waals surface area contributed by atoms with Gasteiger partial charge in [0, 0.05) is 25.0 Å². The Morgan fingerprint density at radius 1 is 1.38 bits per heavy atom. The smallest absolute Gasteiger partial charge is 0.238 e. The minimum Gasteiger partial charge on any atom is -0.497 e. The third-order valence-corrected chi connectivity index (χ3v) is 3.33. The van der Waals surface area contributed by atoms with Crippen LogP contribution < -0.4 is 15.4 Å². The zero-order valence-corrected chi connectivity index (χ0v) is 12.6. The van der Waals surface area contributed by atoms with Gasteiger partial charge in [0.05, 0.1) is 13.7 Å². The molecule has 0 unspecified atom stereocenters. The summed E-state index contributed by atoms with van der Waals surface area (Å²) in [7, 11) is 1.60. The average molecular weight is 292 g/mol. The number of hydrogen-bond donors (Lipinski definition) is 2. The van der Waals surface area contributed by atoms with Crippen LogP contribution >= 0.6 is 0 Å². The predicted octanol–water partition coefficient (Wildman–Crippen LogP) is 2.04. The van der Waals surface area contributed by atoms with Gasteiger partial charge in [0.2, 0.25) is 5.91 Å². The van der Waals surface area contributed by atoms with Gasteiger partial charge >= 0.3 is 0 Å². The number of nitrogens with one attached hydrogen (secondary N) is 2. The van der Waals surface area contributed by atoms with Crippen molar-refractivity contribution in [3.8, 4) is 5.75 Å². The number of anilines is 1. The van der Waals surface area contributed by atoms with Gasteiger partial charge in [-0.25, -0.2) is 0 Å². The van der Waals surface area contributed by atoms with Gasteiger partial charge in [0.15, 0.2) is 0 Å². The molecule has 0 spiro atoms. The summed E-state index contributed by atoms with van der Waals surface area (Å²) in [5, 5.41) is 5.94. The standard InChI is InChI=1S/C16H24N2O3/c1-20-15-5-2-4-14(10-15)18-16(19)11-17-8-3-9-21-12-13-6-7-13/h2,4-5,10,13,17H,3,6-9,11-12H2,1H3,(H,18,19). The first-order valence-corrected chi connectivity index (χ1v) is 7.50. The van der Waals surface area contributed by atoms with Crippen LogP contribution in [0.3, 0.4) is 0 Å². The minimum atomic E-state index is -0.0536. The maximum Gasteiger partial charge on any atom is 0.238 e. The van der Waals surface area contributed by atoms with E-state index in [0.29, 0.717) is 6.54 Å². The van der Waals surface area contributed by atoms with Crippen molar-refractivity contribution in [1.82, 2.24) is 5.32 Å². The highest BCUT2D eigenvalue weighted by Gasteiger charge is 2.20. The Labute approximate surface area is 126 Å². The lowest BCUT2D eigenvalue weighted by atomic mass is 10.3. The maximum absolute atomic E-state index is 11.8. The number of benzene rings is 1. The molecular formula is C16H24N2O3. The van der Waals surface area contributed by atoms with E-state index in [0.717, 1.165) is 43.5 Å². The Morgan fingerprint density at radius 3 is 3.00 bits per heavy atom. The summed E-state index contributed by atoms with van der Waals surface area (Å²) in [6.45, 7) is 2.76. The number of carbonyl (C=O) groups is 1. The second-order valence-electron chi connectivity index (χ2n) is 5.33. The molecule has 0 heterocycles. The van der Waals surface area contributed by atoms with Crippen molar-refractivity contribution in [3.63, 3.8) is 0 Å². The van der Waals surface area contributed by atoms with E-state index in [-0.39, 0.29) is 5.91 Å². The molecule has 0 aliphatic heterocycles. The van der Waals surface area contributed by atoms with Crippen LogP contribution in [0.4, 0.5) is 5.69 Å². The van der Waals surface area contributed by atoms with Gasteiger partial charge in [0.1, 0.15) is 5.75 Å². The Morgan fingerprint density at radius 2 is 2.24 bits per heavy atom. The fourth-order valence-electron chi connectivity index (χ4n) is 1.94. The topological polar surface area (TPSA) is 59.6 Å². The second kappa shape index (κ2) is 8.64. The van der Waals surface area contributed by atoms with E-state index in [1.54, 1.807) is 13.2 Å². The van der Waals surface area contributed by atoms with E-state index < -0.39 is 0 Å². The molecule has 5 heteroatoms. The molecule has 21 heavy (non-hydrogen) atoms. The lowest BCUT2D eigenvalue weighted by Gasteiger charge is -2.08. The van der Waals surface area contributed by atoms with E-state index in [4.69, 9.17) is 9.47 Å². The molecular weight excluding hydrogens is 268 g/mol. The van der Waals surface area contributed by atoms with Gasteiger partial charge in [-0.05, 0) is 43.9 Å². The second-order valence-corrected chi connectivity index (χ2v) is 5.33. The van der Waals surface area contributed by atoms with Crippen LogP contribution in [-0.2, 0) is 9.53 Å². The molecule has 1 aromatic rings. The first-order chi connectivity index (χ1) is 10.3. The first-order valence-electron chi connectivity index (χ1n) is 7.50. The van der Waals surface area contributed by atoms with Crippen molar-refractivity contribution in [1.29, 1.82) is 0 Å². The number of hydrogen-bond acceptors (Lipinski definition) is 4. The van der Waals surface area contributed by atoms with Crippen LogP contribution in [0, 0.1) is 5.92 Å². The van der Waals surface area contributed by atoms with E-state index in [9.17, 15) is 4.79 Å². The predicted molar refractivity (Wildman–Crippen MR) is 82.7 cm³/mol. The molecule has 1 saturated carbocycles. The zero-order valence-electron chi connectivity index (χ0n) is 12.6. The number of methoxy groups -OCH3 is 1. The van der Waals surface area contributed by atoms with E-state index in [2.05, 4.69) is 10.6 Å². The monoisotopic (exact) mass is 292 g/mol. The van der Waals surface area contributed by atoms with Crippen molar-refractivity contribution in [2.24, 2.45) is 5.92 Å². The summed E-state index contributed by atoms with van der Waals surface area (Å²) < 4.78 is 10.6. The molecule has 5 nitrogen and oxygen atoms in total. The maximum atomic E-state index is 11.8. The van der Waals surface area contributed by atoms with Gasteiger partial charge in [-0.3, -0.25) is 4.79 Å². The van der Waals surface area contributed by atoms with E-state index in [1.165, 1.54) is 12.8 Å². The number of amides is 1. The van der Waals surface area contributed by atoms with Crippen LogP contribution in [0.1, 0.15) is 19.3 Å². The van der Waals surface area contributed by atoms with Crippen LogP contribution in [0.25, 0.3) is 0 Å². The van der Waals surface area contributed by atoms with E-state index in [1.807, 2.05) is 18.2 Å². The molecule has 0 bridgehead atoms. The third-order valence-electron chi connectivity index (χ3n) is 3.33. The number of ether oxygens (including phenoxy) is 2. The van der Waals surface area contributed by atoms with Gasteiger partial charge in [-0.15, -0.1) is 0 Å². The quantitative estimate of drug-likeness (QED) is 0.648. The SMILES string of the molecule is COc1cccc(NC(=O)CNCCCOCC2CC2)c1. The lowest BCUT2D eigenvalue weighted by Crippen LogP contribution is -2.29. The summed E-state index contributed by atoms with van der Waals surface area (Å²) >= 11 is 0. The molecule has 0 saturated heterocycles. The molecule has 0 atom stereocenters. The zero-order chi connectivity index (χ0) is 14.9. The summed E-state index contributed by atoms with van der Waals surface area (Å²) in [4.78, 5) is 11.8. The molecule has 0 radical (unpaired) electrons. The highest BCUT2D eigenvalue weighted by molar-refractivity contribution is 5.92. The van der Waals surface area contributed by atoms with Crippen LogP contribution in [0.2, 0.25) is 0 Å². The van der Waals surface area contributed by atoms with Crippen LogP contribution in [0.5, 0.6) is 5.75 Å². The first kappa shape index (κ1) is 15.8. The summed E-state index contributed by atoms with van der Waals surface area (Å²) in [5.41, 5.74) is 0.744. The van der Waals surface area contributed by atoms with Crippen molar-refractivity contribution in [2.45, 2.75) is 19.3 Å². The van der Waals surface area contributed by atoms with Gasteiger partial charge < -0.3 is 20.1 Å². The summed E-state index contributed by atoms with van der Waals surface area (Å²) in [6, 6.07) is 7.32. The third kappa shape index (κ3) is 6.60. The number of carbonyl (C=O) groups excluding carboxylic acids is 1. The highest BCUT2D eigenvalue weighted by Crippen LogP contribution is 2.28. The molecule has 1 aliphatic rings. The molecule has 2 rings (SSSR count). The summed E-state index contributed by atoms with van der Waals surface area (Å²) in [6.07, 6.45) is 3.57. The lowest BCUT2D eigenvalue weighted by molar-refractivity contribution is -0.115. The van der Waals surface area contributed by atoms with Gasteiger partial charge in [-0.2, -0.15) is 0 Å². The molecule has 1 fully saturated rings. The molecule has 0 aromatic heterocycles. The molecule has 1 amide bonds. The molecule has 2 N–H and O–H groups in total. The Hall–Kier alpha value is -1.59. The summed E-state index contributed by atoms with van der Waals surface area (Å²) in [5.74, 6) is 1.49. The van der Waals surface area contributed by atoms with Gasteiger partial charge in [-0.1, -0.05) is 6.07 Å². The molecule has 1 aliphatic carbocycles. The molecule has 116 valence electrons. The fourth-order valence-corrected chi connectivity index (χ4v) is 1.94. The van der Waals surface area contributed by atoms with Crippen LogP contribution in [0.15, 0.2) is 24.3 Å². The van der Waals surface area contributed by atoms with Crippen molar-refractivity contribution in [2.75, 3.05) is 38.7 Å². The Balaban J connectivity index is 1.52. The number of rotatable bonds is 10. The normalized spacial score (nSPS) is 14.0. The van der Waals surface area contributed by atoms with Gasteiger partial charge in [0.25, 0.3) is 0 Å². The van der Waals surface area contributed by atoms with Crippen molar-refractivity contribution < 1.29 is 14.3 Å². The minimum absolute atomic E-state index is 0.0536. The van der Waals surface area contributed by atoms with Crippen LogP contribution in [-0.4, -0.2) is 39.3 Å². The fraction of sp³-hybridized carbons (Fsp3) is 0.562.